The van der Waals surface area contributed by atoms with Crippen LogP contribution in [0.1, 0.15) is 18.1 Å². The highest BCUT2D eigenvalue weighted by atomic mass is 15.3. The Labute approximate surface area is 145 Å². The molecule has 0 saturated carbocycles. The van der Waals surface area contributed by atoms with Crippen molar-refractivity contribution < 1.29 is 0 Å². The largest absolute Gasteiger partial charge is 0.364 e. The molecule has 7 nitrogen and oxygen atoms in total. The Morgan fingerprint density at radius 2 is 2.00 bits per heavy atom. The molecule has 25 heavy (non-hydrogen) atoms. The number of aryl methyl sites for hydroxylation is 1. The van der Waals surface area contributed by atoms with Gasteiger partial charge in [0.2, 0.25) is 0 Å². The molecule has 0 saturated heterocycles. The van der Waals surface area contributed by atoms with Gasteiger partial charge in [-0.25, -0.2) is 15.0 Å². The Morgan fingerprint density at radius 3 is 2.84 bits per heavy atom. The molecule has 4 rings (SSSR count). The summed E-state index contributed by atoms with van der Waals surface area (Å²) >= 11 is 0. The van der Waals surface area contributed by atoms with Gasteiger partial charge in [0.05, 0.1) is 12.9 Å². The fourth-order valence-electron chi connectivity index (χ4n) is 2.85. The van der Waals surface area contributed by atoms with Crippen molar-refractivity contribution in [2.24, 2.45) is 0 Å². The van der Waals surface area contributed by atoms with Crippen molar-refractivity contribution in [3.05, 3.63) is 66.5 Å². The molecule has 0 aliphatic heterocycles. The number of fused-ring (bicyclic) bond motifs is 1. The molecule has 126 valence electrons. The lowest BCUT2D eigenvalue weighted by atomic mass is 10.1. The molecule has 0 atom stereocenters. The van der Waals surface area contributed by atoms with E-state index in [1.54, 1.807) is 18.9 Å². The minimum Gasteiger partial charge on any atom is -0.364 e. The van der Waals surface area contributed by atoms with E-state index in [4.69, 9.17) is 0 Å². The van der Waals surface area contributed by atoms with Gasteiger partial charge >= 0.3 is 0 Å². The van der Waals surface area contributed by atoms with Crippen LogP contribution in [0.5, 0.6) is 0 Å². The Hall–Kier alpha value is -3.22. The summed E-state index contributed by atoms with van der Waals surface area (Å²) in [5, 5.41) is 7.63. The molecule has 0 aliphatic rings. The molecule has 0 spiro atoms. The quantitative estimate of drug-likeness (QED) is 0.587. The average Bonchev–Trinajstić information content (AvgIpc) is 3.29. The molecule has 1 N–H and O–H groups in total. The molecule has 1 aromatic carbocycles. The minimum atomic E-state index is 0.679. The van der Waals surface area contributed by atoms with Crippen molar-refractivity contribution in [2.45, 2.75) is 26.6 Å². The maximum atomic E-state index is 4.43. The predicted molar refractivity (Wildman–Crippen MR) is 96.1 cm³/mol. The fraction of sp³-hybridized carbons (Fsp3) is 0.222. The lowest BCUT2D eigenvalue weighted by Gasteiger charge is -2.08. The summed E-state index contributed by atoms with van der Waals surface area (Å²) in [5.41, 5.74) is 4.06. The molecule has 7 heteroatoms. The van der Waals surface area contributed by atoms with E-state index < -0.39 is 0 Å². The van der Waals surface area contributed by atoms with Gasteiger partial charge in [0.25, 0.3) is 0 Å². The van der Waals surface area contributed by atoms with Crippen LogP contribution >= 0.6 is 0 Å². The monoisotopic (exact) mass is 333 g/mol. The predicted octanol–water partition coefficient (Wildman–Crippen LogP) is 2.70. The summed E-state index contributed by atoms with van der Waals surface area (Å²) in [5.74, 6) is 0.759. The summed E-state index contributed by atoms with van der Waals surface area (Å²) in [7, 11) is 0. The summed E-state index contributed by atoms with van der Waals surface area (Å²) in [6, 6.07) is 10.4. The number of rotatable bonds is 6. The molecule has 3 heterocycles. The molecule has 3 aromatic heterocycles. The molecule has 0 amide bonds. The van der Waals surface area contributed by atoms with Gasteiger partial charge in [-0.3, -0.25) is 4.68 Å². The third kappa shape index (κ3) is 3.21. The Balaban J connectivity index is 1.51. The van der Waals surface area contributed by atoms with E-state index in [9.17, 15) is 0 Å². The van der Waals surface area contributed by atoms with Gasteiger partial charge in [-0.15, -0.1) is 0 Å². The maximum Gasteiger partial charge on any atom is 0.165 e. The Kier molecular flexibility index (Phi) is 4.12. The third-order valence-corrected chi connectivity index (χ3v) is 4.10. The lowest BCUT2D eigenvalue weighted by Crippen LogP contribution is -2.05. The average molecular weight is 333 g/mol. The van der Waals surface area contributed by atoms with Gasteiger partial charge in [0.1, 0.15) is 11.8 Å². The van der Waals surface area contributed by atoms with Gasteiger partial charge in [-0.2, -0.15) is 5.10 Å². The first-order valence-electron chi connectivity index (χ1n) is 8.28. The first kappa shape index (κ1) is 15.3. The summed E-state index contributed by atoms with van der Waals surface area (Å²) in [6.45, 7) is 4.35. The molecule has 0 unspecified atom stereocenters. The number of benzene rings is 1. The third-order valence-electron chi connectivity index (χ3n) is 4.10. The fourth-order valence-corrected chi connectivity index (χ4v) is 2.85. The van der Waals surface area contributed by atoms with E-state index in [0.717, 1.165) is 30.1 Å². The van der Waals surface area contributed by atoms with Crippen molar-refractivity contribution in [3.63, 3.8) is 0 Å². The van der Waals surface area contributed by atoms with Crippen LogP contribution < -0.4 is 5.32 Å². The number of imidazole rings is 1. The first-order chi connectivity index (χ1) is 12.3. The van der Waals surface area contributed by atoms with Crippen molar-refractivity contribution in [2.75, 3.05) is 5.32 Å². The molecular formula is C18H19N7. The first-order valence-corrected chi connectivity index (χ1v) is 8.28. The highest BCUT2D eigenvalue weighted by Crippen LogP contribution is 2.18. The van der Waals surface area contributed by atoms with Crippen LogP contribution in [0, 0.1) is 0 Å². The SMILES string of the molecule is CCn1cnc2c(NCc3cccc(Cn4cccn4)c3)ncnc21. The molecule has 0 aliphatic carbocycles. The van der Waals surface area contributed by atoms with Crippen LogP contribution in [-0.2, 0) is 19.6 Å². The van der Waals surface area contributed by atoms with E-state index >= 15 is 0 Å². The highest BCUT2D eigenvalue weighted by molar-refractivity contribution is 5.82. The zero-order valence-corrected chi connectivity index (χ0v) is 14.0. The number of anilines is 1. The van der Waals surface area contributed by atoms with Crippen molar-refractivity contribution in [1.82, 2.24) is 29.3 Å². The van der Waals surface area contributed by atoms with Crippen molar-refractivity contribution >= 4 is 17.0 Å². The smallest absolute Gasteiger partial charge is 0.165 e. The van der Waals surface area contributed by atoms with Gasteiger partial charge < -0.3 is 9.88 Å². The molecule has 0 radical (unpaired) electrons. The summed E-state index contributed by atoms with van der Waals surface area (Å²) in [4.78, 5) is 13.1. The molecule has 0 bridgehead atoms. The van der Waals surface area contributed by atoms with Crippen LogP contribution in [0.3, 0.4) is 0 Å². The standard InChI is InChI=1S/C18H19N7/c1-2-24-13-22-16-17(20-12-21-18(16)24)19-10-14-5-3-6-15(9-14)11-25-8-4-7-23-25/h3-9,12-13H,2,10-11H2,1H3,(H,19,20,21). The van der Waals surface area contributed by atoms with Gasteiger partial charge in [-0.1, -0.05) is 24.3 Å². The van der Waals surface area contributed by atoms with Crippen LogP contribution in [-0.4, -0.2) is 29.3 Å². The molecule has 0 fully saturated rings. The Morgan fingerprint density at radius 1 is 1.08 bits per heavy atom. The van der Waals surface area contributed by atoms with Gasteiger partial charge in [-0.05, 0) is 24.1 Å². The summed E-state index contributed by atoms with van der Waals surface area (Å²) in [6.07, 6.45) is 7.13. The highest BCUT2D eigenvalue weighted by Gasteiger charge is 2.09. The molecular weight excluding hydrogens is 314 g/mol. The summed E-state index contributed by atoms with van der Waals surface area (Å²) < 4.78 is 3.92. The number of aromatic nitrogens is 6. The maximum absolute atomic E-state index is 4.43. The van der Waals surface area contributed by atoms with E-state index in [2.05, 4.69) is 56.6 Å². The zero-order valence-electron chi connectivity index (χ0n) is 14.0. The number of hydrogen-bond donors (Lipinski definition) is 1. The van der Waals surface area contributed by atoms with E-state index in [-0.39, 0.29) is 0 Å². The van der Waals surface area contributed by atoms with Crippen LogP contribution in [0.2, 0.25) is 0 Å². The van der Waals surface area contributed by atoms with Crippen LogP contribution in [0.4, 0.5) is 5.82 Å². The van der Waals surface area contributed by atoms with E-state index in [1.807, 2.05) is 21.5 Å². The lowest BCUT2D eigenvalue weighted by molar-refractivity contribution is 0.686. The second-order valence-corrected chi connectivity index (χ2v) is 5.80. The second kappa shape index (κ2) is 6.72. The Bertz CT molecular complexity index is 972. The van der Waals surface area contributed by atoms with Crippen molar-refractivity contribution in [3.8, 4) is 0 Å². The zero-order chi connectivity index (χ0) is 17.1. The van der Waals surface area contributed by atoms with Crippen LogP contribution in [0.15, 0.2) is 55.4 Å². The number of hydrogen-bond acceptors (Lipinski definition) is 5. The van der Waals surface area contributed by atoms with E-state index in [1.165, 1.54) is 11.1 Å². The number of nitrogens with one attached hydrogen (secondary N) is 1. The van der Waals surface area contributed by atoms with Gasteiger partial charge in [0, 0.05) is 25.5 Å². The molecule has 4 aromatic rings. The minimum absolute atomic E-state index is 0.679. The topological polar surface area (TPSA) is 73.5 Å². The second-order valence-electron chi connectivity index (χ2n) is 5.80. The van der Waals surface area contributed by atoms with Crippen molar-refractivity contribution in [1.29, 1.82) is 0 Å². The van der Waals surface area contributed by atoms with Gasteiger partial charge in [0.15, 0.2) is 11.5 Å². The van der Waals surface area contributed by atoms with E-state index in [0.29, 0.717) is 6.54 Å². The number of nitrogens with zero attached hydrogens (tertiary/aromatic N) is 6. The van der Waals surface area contributed by atoms with Crippen LogP contribution in [0.25, 0.3) is 11.2 Å². The normalized spacial score (nSPS) is 11.1.